The van der Waals surface area contributed by atoms with Gasteiger partial charge < -0.3 is 19.9 Å². The van der Waals surface area contributed by atoms with E-state index in [-0.39, 0.29) is 24.0 Å². The maximum atomic E-state index is 5.83. The highest BCUT2D eigenvalue weighted by molar-refractivity contribution is 14.0. The van der Waals surface area contributed by atoms with Crippen molar-refractivity contribution in [2.75, 3.05) is 13.7 Å². The van der Waals surface area contributed by atoms with Gasteiger partial charge in [-0.15, -0.1) is 24.0 Å². The van der Waals surface area contributed by atoms with Gasteiger partial charge in [0.1, 0.15) is 5.75 Å². The SMILES string of the molecule is CCCOc1cc(C)ccc1CNC(=NC)NCc1noc(C)n1.I. The number of hydrogen-bond donors (Lipinski definition) is 2. The summed E-state index contributed by atoms with van der Waals surface area (Å²) in [5.41, 5.74) is 2.27. The van der Waals surface area contributed by atoms with Gasteiger partial charge in [-0.05, 0) is 25.0 Å². The van der Waals surface area contributed by atoms with E-state index in [0.717, 1.165) is 17.7 Å². The highest BCUT2D eigenvalue weighted by Gasteiger charge is 2.07. The van der Waals surface area contributed by atoms with Crippen molar-refractivity contribution in [2.24, 2.45) is 4.99 Å². The average molecular weight is 459 g/mol. The van der Waals surface area contributed by atoms with Gasteiger partial charge in [-0.1, -0.05) is 24.2 Å². The maximum absolute atomic E-state index is 5.83. The summed E-state index contributed by atoms with van der Waals surface area (Å²) in [5, 5.41) is 10.3. The van der Waals surface area contributed by atoms with Crippen LogP contribution in [0.3, 0.4) is 0 Å². The zero-order valence-electron chi connectivity index (χ0n) is 15.1. The molecule has 1 aromatic heterocycles. The van der Waals surface area contributed by atoms with Crippen LogP contribution in [-0.4, -0.2) is 29.8 Å². The third-order valence-corrected chi connectivity index (χ3v) is 3.34. The van der Waals surface area contributed by atoms with Gasteiger partial charge in [0.15, 0.2) is 11.8 Å². The zero-order valence-corrected chi connectivity index (χ0v) is 17.5. The number of guanidine groups is 1. The predicted molar refractivity (Wildman–Crippen MR) is 108 cm³/mol. The summed E-state index contributed by atoms with van der Waals surface area (Å²) in [4.78, 5) is 8.35. The van der Waals surface area contributed by atoms with Gasteiger partial charge in [-0.3, -0.25) is 4.99 Å². The third-order valence-electron chi connectivity index (χ3n) is 3.34. The van der Waals surface area contributed by atoms with Gasteiger partial charge in [0.2, 0.25) is 5.89 Å². The molecule has 0 atom stereocenters. The fourth-order valence-electron chi connectivity index (χ4n) is 2.13. The fraction of sp³-hybridized carbons (Fsp3) is 0.471. The van der Waals surface area contributed by atoms with Crippen LogP contribution in [0.15, 0.2) is 27.7 Å². The van der Waals surface area contributed by atoms with Crippen LogP contribution in [0.2, 0.25) is 0 Å². The molecule has 0 amide bonds. The second-order valence-corrected chi connectivity index (χ2v) is 5.47. The predicted octanol–water partition coefficient (Wildman–Crippen LogP) is 2.96. The van der Waals surface area contributed by atoms with Crippen molar-refractivity contribution < 1.29 is 9.26 Å². The Morgan fingerprint density at radius 1 is 1.24 bits per heavy atom. The summed E-state index contributed by atoms with van der Waals surface area (Å²) in [6, 6.07) is 6.21. The Bertz CT molecular complexity index is 687. The Morgan fingerprint density at radius 3 is 2.64 bits per heavy atom. The van der Waals surface area contributed by atoms with E-state index in [2.05, 4.69) is 57.8 Å². The number of aryl methyl sites for hydroxylation is 2. The second-order valence-electron chi connectivity index (χ2n) is 5.47. The Kier molecular flexibility index (Phi) is 9.25. The number of ether oxygens (including phenoxy) is 1. The lowest BCUT2D eigenvalue weighted by Crippen LogP contribution is -2.36. The van der Waals surface area contributed by atoms with Crippen molar-refractivity contribution >= 4 is 29.9 Å². The van der Waals surface area contributed by atoms with Gasteiger partial charge in [-0.25, -0.2) is 0 Å². The van der Waals surface area contributed by atoms with Gasteiger partial charge in [0, 0.05) is 26.1 Å². The molecule has 0 aliphatic carbocycles. The Balaban J connectivity index is 0.00000312. The molecule has 0 fully saturated rings. The Hall–Kier alpha value is -1.84. The molecule has 0 unspecified atom stereocenters. The van der Waals surface area contributed by atoms with E-state index in [0.29, 0.717) is 37.4 Å². The minimum Gasteiger partial charge on any atom is -0.493 e. The molecule has 1 aromatic carbocycles. The molecule has 0 aliphatic heterocycles. The second kappa shape index (κ2) is 10.9. The van der Waals surface area contributed by atoms with Gasteiger partial charge in [-0.2, -0.15) is 4.98 Å². The number of aliphatic imine (C=N–C) groups is 1. The van der Waals surface area contributed by atoms with Crippen LogP contribution in [-0.2, 0) is 13.1 Å². The van der Waals surface area contributed by atoms with Crippen LogP contribution in [0.1, 0.15) is 36.2 Å². The quantitative estimate of drug-likeness (QED) is 0.376. The summed E-state index contributed by atoms with van der Waals surface area (Å²) < 4.78 is 10.8. The minimum atomic E-state index is 0. The van der Waals surface area contributed by atoms with E-state index in [4.69, 9.17) is 9.26 Å². The average Bonchev–Trinajstić information content (AvgIpc) is 2.99. The normalized spacial score (nSPS) is 11.0. The summed E-state index contributed by atoms with van der Waals surface area (Å²) in [6.45, 7) is 7.69. The highest BCUT2D eigenvalue weighted by atomic mass is 127. The van der Waals surface area contributed by atoms with E-state index in [1.165, 1.54) is 5.56 Å². The largest absolute Gasteiger partial charge is 0.493 e. The smallest absolute Gasteiger partial charge is 0.223 e. The summed E-state index contributed by atoms with van der Waals surface area (Å²) in [5.74, 6) is 2.72. The van der Waals surface area contributed by atoms with E-state index in [9.17, 15) is 0 Å². The molecule has 2 aromatic rings. The van der Waals surface area contributed by atoms with Crippen LogP contribution >= 0.6 is 24.0 Å². The van der Waals surface area contributed by atoms with Crippen molar-refractivity contribution in [3.05, 3.63) is 41.0 Å². The molecule has 2 rings (SSSR count). The van der Waals surface area contributed by atoms with Crippen molar-refractivity contribution in [3.63, 3.8) is 0 Å². The van der Waals surface area contributed by atoms with Gasteiger partial charge in [0.05, 0.1) is 13.2 Å². The Morgan fingerprint density at radius 2 is 2.00 bits per heavy atom. The number of rotatable bonds is 7. The third kappa shape index (κ3) is 6.89. The Labute approximate surface area is 165 Å². The fourth-order valence-corrected chi connectivity index (χ4v) is 2.13. The molecule has 0 saturated carbocycles. The topological polar surface area (TPSA) is 84.6 Å². The standard InChI is InChI=1S/C17H25N5O2.HI/c1-5-8-23-15-9-12(2)6-7-14(15)10-19-17(18-4)20-11-16-21-13(3)24-22-16;/h6-7,9H,5,8,10-11H2,1-4H3,(H2,18,19,20);1H. The lowest BCUT2D eigenvalue weighted by atomic mass is 10.1. The molecular weight excluding hydrogens is 433 g/mol. The van der Waals surface area contributed by atoms with Crippen LogP contribution < -0.4 is 15.4 Å². The first-order chi connectivity index (χ1) is 11.6. The molecule has 0 radical (unpaired) electrons. The molecule has 2 N–H and O–H groups in total. The molecule has 0 saturated heterocycles. The monoisotopic (exact) mass is 459 g/mol. The first-order valence-electron chi connectivity index (χ1n) is 8.08. The summed E-state index contributed by atoms with van der Waals surface area (Å²) in [7, 11) is 1.72. The minimum absolute atomic E-state index is 0. The maximum Gasteiger partial charge on any atom is 0.223 e. The lowest BCUT2D eigenvalue weighted by molar-refractivity contribution is 0.313. The first kappa shape index (κ1) is 21.2. The molecule has 0 spiro atoms. The molecule has 25 heavy (non-hydrogen) atoms. The first-order valence-corrected chi connectivity index (χ1v) is 8.08. The molecule has 7 nitrogen and oxygen atoms in total. The van der Waals surface area contributed by atoms with Crippen molar-refractivity contribution in [2.45, 2.75) is 40.3 Å². The van der Waals surface area contributed by atoms with E-state index >= 15 is 0 Å². The molecule has 1 heterocycles. The van der Waals surface area contributed by atoms with Crippen LogP contribution in [0.4, 0.5) is 0 Å². The van der Waals surface area contributed by atoms with Crippen LogP contribution in [0.5, 0.6) is 5.75 Å². The number of aromatic nitrogens is 2. The lowest BCUT2D eigenvalue weighted by Gasteiger charge is -2.14. The number of halogens is 1. The molecule has 138 valence electrons. The molecule has 0 bridgehead atoms. The highest BCUT2D eigenvalue weighted by Crippen LogP contribution is 2.20. The number of hydrogen-bond acceptors (Lipinski definition) is 5. The van der Waals surface area contributed by atoms with Crippen molar-refractivity contribution in [1.29, 1.82) is 0 Å². The van der Waals surface area contributed by atoms with Crippen LogP contribution in [0.25, 0.3) is 0 Å². The van der Waals surface area contributed by atoms with Crippen LogP contribution in [0, 0.1) is 13.8 Å². The van der Waals surface area contributed by atoms with E-state index in [1.807, 2.05) is 0 Å². The van der Waals surface area contributed by atoms with Crippen molar-refractivity contribution in [1.82, 2.24) is 20.8 Å². The van der Waals surface area contributed by atoms with Gasteiger partial charge in [0.25, 0.3) is 0 Å². The molecular formula is C17H26IN5O2. The molecule has 8 heteroatoms. The number of benzene rings is 1. The molecule has 0 aliphatic rings. The van der Waals surface area contributed by atoms with E-state index in [1.54, 1.807) is 14.0 Å². The summed E-state index contributed by atoms with van der Waals surface area (Å²) in [6.07, 6.45) is 0.980. The number of nitrogens with zero attached hydrogens (tertiary/aromatic N) is 3. The van der Waals surface area contributed by atoms with E-state index < -0.39 is 0 Å². The zero-order chi connectivity index (χ0) is 17.4. The summed E-state index contributed by atoms with van der Waals surface area (Å²) >= 11 is 0. The van der Waals surface area contributed by atoms with Gasteiger partial charge >= 0.3 is 0 Å². The van der Waals surface area contributed by atoms with Crippen molar-refractivity contribution in [3.8, 4) is 5.75 Å². The number of nitrogens with one attached hydrogen (secondary N) is 2.